The Bertz CT molecular complexity index is 235. The first-order valence-corrected chi connectivity index (χ1v) is 9.36. The molecule has 114 valence electrons. The Morgan fingerprint density at radius 3 is 2.16 bits per heavy atom. The minimum atomic E-state index is 0.371. The van der Waals surface area contributed by atoms with Gasteiger partial charge in [0.2, 0.25) is 0 Å². The summed E-state index contributed by atoms with van der Waals surface area (Å²) < 4.78 is 6.33. The molecule has 0 N–H and O–H groups in total. The molecule has 1 aliphatic rings. The molecular formula is C17H33BrO. The Morgan fingerprint density at radius 1 is 1.05 bits per heavy atom. The van der Waals surface area contributed by atoms with Crippen molar-refractivity contribution in [3.8, 4) is 0 Å². The maximum Gasteiger partial charge on any atom is 0.0578 e. The molecule has 0 radical (unpaired) electrons. The van der Waals surface area contributed by atoms with E-state index in [1.807, 2.05) is 0 Å². The summed E-state index contributed by atoms with van der Waals surface area (Å²) >= 11 is 3.74. The predicted octanol–water partition coefficient (Wildman–Crippen LogP) is 5.81. The van der Waals surface area contributed by atoms with Gasteiger partial charge in [0.1, 0.15) is 0 Å². The highest BCUT2D eigenvalue weighted by Gasteiger charge is 2.31. The summed E-state index contributed by atoms with van der Waals surface area (Å²) in [7, 11) is 0. The van der Waals surface area contributed by atoms with E-state index in [2.05, 4.69) is 43.6 Å². The first-order valence-electron chi connectivity index (χ1n) is 8.24. The standard InChI is InChI=1S/C17H33BrO/c1-5-9-17(12-18,10-6-2)13-19-16-8-7-14(3)15(4)11-16/h14-16H,5-13H2,1-4H3. The van der Waals surface area contributed by atoms with Crippen LogP contribution in [0.2, 0.25) is 0 Å². The summed E-state index contributed by atoms with van der Waals surface area (Å²) in [4.78, 5) is 0. The van der Waals surface area contributed by atoms with E-state index in [0.717, 1.165) is 23.8 Å². The van der Waals surface area contributed by atoms with Gasteiger partial charge in [0, 0.05) is 10.7 Å². The van der Waals surface area contributed by atoms with Crippen LogP contribution in [0.3, 0.4) is 0 Å². The van der Waals surface area contributed by atoms with Gasteiger partial charge in [0.15, 0.2) is 0 Å². The third-order valence-electron chi connectivity index (χ3n) is 5.02. The van der Waals surface area contributed by atoms with Gasteiger partial charge in [-0.25, -0.2) is 0 Å². The molecule has 0 saturated heterocycles. The number of ether oxygens (including phenoxy) is 1. The molecule has 19 heavy (non-hydrogen) atoms. The van der Waals surface area contributed by atoms with Crippen molar-refractivity contribution in [2.24, 2.45) is 17.3 Å². The van der Waals surface area contributed by atoms with E-state index in [-0.39, 0.29) is 0 Å². The largest absolute Gasteiger partial charge is 0.378 e. The normalized spacial score (nSPS) is 28.6. The van der Waals surface area contributed by atoms with Crippen molar-refractivity contribution in [3.63, 3.8) is 0 Å². The Morgan fingerprint density at radius 2 is 1.68 bits per heavy atom. The number of hydrogen-bond donors (Lipinski definition) is 0. The van der Waals surface area contributed by atoms with Crippen LogP contribution in [0.1, 0.15) is 72.6 Å². The van der Waals surface area contributed by atoms with Crippen LogP contribution in [0.4, 0.5) is 0 Å². The van der Waals surface area contributed by atoms with Gasteiger partial charge in [0.05, 0.1) is 12.7 Å². The first kappa shape index (κ1) is 17.5. The van der Waals surface area contributed by atoms with Crippen molar-refractivity contribution in [2.75, 3.05) is 11.9 Å². The fraction of sp³-hybridized carbons (Fsp3) is 1.00. The molecule has 0 aromatic rings. The lowest BCUT2D eigenvalue weighted by Crippen LogP contribution is -2.34. The van der Waals surface area contributed by atoms with E-state index < -0.39 is 0 Å². The molecule has 0 amide bonds. The monoisotopic (exact) mass is 332 g/mol. The van der Waals surface area contributed by atoms with E-state index in [0.29, 0.717) is 11.5 Å². The van der Waals surface area contributed by atoms with Gasteiger partial charge in [-0.1, -0.05) is 56.5 Å². The Hall–Kier alpha value is 0.440. The molecule has 0 aromatic heterocycles. The zero-order chi connectivity index (χ0) is 14.3. The summed E-state index contributed by atoms with van der Waals surface area (Å²) in [6, 6.07) is 0. The molecule has 0 heterocycles. The Balaban J connectivity index is 2.47. The molecule has 0 aromatic carbocycles. The second-order valence-corrected chi connectivity index (χ2v) is 7.39. The van der Waals surface area contributed by atoms with Gasteiger partial charge >= 0.3 is 0 Å². The molecule has 1 aliphatic carbocycles. The molecule has 2 heteroatoms. The maximum atomic E-state index is 6.33. The second kappa shape index (κ2) is 8.67. The van der Waals surface area contributed by atoms with Crippen LogP contribution in [0.15, 0.2) is 0 Å². The number of halogens is 1. The van der Waals surface area contributed by atoms with Crippen molar-refractivity contribution >= 4 is 15.9 Å². The number of rotatable bonds is 8. The summed E-state index contributed by atoms with van der Waals surface area (Å²) in [5, 5.41) is 1.08. The van der Waals surface area contributed by atoms with Crippen LogP contribution in [0, 0.1) is 17.3 Å². The smallest absolute Gasteiger partial charge is 0.0578 e. The molecule has 1 fully saturated rings. The van der Waals surface area contributed by atoms with Crippen LogP contribution in [0.25, 0.3) is 0 Å². The van der Waals surface area contributed by atoms with Gasteiger partial charge in [0.25, 0.3) is 0 Å². The SMILES string of the molecule is CCCC(CBr)(CCC)COC1CCC(C)C(C)C1. The molecule has 1 saturated carbocycles. The molecule has 1 rings (SSSR count). The number of alkyl halides is 1. The van der Waals surface area contributed by atoms with E-state index in [9.17, 15) is 0 Å². The topological polar surface area (TPSA) is 9.23 Å². The summed E-state index contributed by atoms with van der Waals surface area (Å²) in [5.74, 6) is 1.71. The van der Waals surface area contributed by atoms with Crippen molar-refractivity contribution in [1.29, 1.82) is 0 Å². The minimum absolute atomic E-state index is 0.371. The highest BCUT2D eigenvalue weighted by Crippen LogP contribution is 2.36. The van der Waals surface area contributed by atoms with Gasteiger partial charge in [-0.3, -0.25) is 0 Å². The lowest BCUT2D eigenvalue weighted by atomic mass is 9.79. The van der Waals surface area contributed by atoms with Gasteiger partial charge in [-0.05, 0) is 43.9 Å². The van der Waals surface area contributed by atoms with Crippen molar-refractivity contribution in [1.82, 2.24) is 0 Å². The van der Waals surface area contributed by atoms with Crippen LogP contribution < -0.4 is 0 Å². The second-order valence-electron chi connectivity index (χ2n) is 6.83. The third-order valence-corrected chi connectivity index (χ3v) is 6.21. The average molecular weight is 333 g/mol. The quantitative estimate of drug-likeness (QED) is 0.509. The van der Waals surface area contributed by atoms with E-state index in [1.165, 1.54) is 44.9 Å². The van der Waals surface area contributed by atoms with Crippen molar-refractivity contribution in [3.05, 3.63) is 0 Å². The van der Waals surface area contributed by atoms with E-state index in [1.54, 1.807) is 0 Å². The lowest BCUT2D eigenvalue weighted by Gasteiger charge is -2.37. The van der Waals surface area contributed by atoms with E-state index >= 15 is 0 Å². The fourth-order valence-corrected chi connectivity index (χ4v) is 4.17. The maximum absolute atomic E-state index is 6.33. The number of hydrogen-bond acceptors (Lipinski definition) is 1. The highest BCUT2D eigenvalue weighted by atomic mass is 79.9. The lowest BCUT2D eigenvalue weighted by molar-refractivity contribution is -0.0402. The molecule has 0 spiro atoms. The minimum Gasteiger partial charge on any atom is -0.378 e. The Labute approximate surface area is 129 Å². The van der Waals surface area contributed by atoms with E-state index in [4.69, 9.17) is 4.74 Å². The predicted molar refractivity (Wildman–Crippen MR) is 88.0 cm³/mol. The van der Waals surface area contributed by atoms with Gasteiger partial charge < -0.3 is 4.74 Å². The zero-order valence-corrected chi connectivity index (χ0v) is 15.0. The van der Waals surface area contributed by atoms with Crippen LogP contribution in [-0.4, -0.2) is 18.0 Å². The molecular weight excluding hydrogens is 300 g/mol. The highest BCUT2D eigenvalue weighted by molar-refractivity contribution is 9.09. The van der Waals surface area contributed by atoms with Crippen molar-refractivity contribution < 1.29 is 4.74 Å². The van der Waals surface area contributed by atoms with Crippen molar-refractivity contribution in [2.45, 2.75) is 78.7 Å². The molecule has 3 unspecified atom stereocenters. The van der Waals surface area contributed by atoms with Crippen LogP contribution >= 0.6 is 15.9 Å². The first-order chi connectivity index (χ1) is 9.06. The summed E-state index contributed by atoms with van der Waals surface area (Å²) in [5.41, 5.74) is 0.371. The van der Waals surface area contributed by atoms with Crippen LogP contribution in [0.5, 0.6) is 0 Å². The summed E-state index contributed by atoms with van der Waals surface area (Å²) in [6.07, 6.45) is 9.46. The zero-order valence-electron chi connectivity index (χ0n) is 13.4. The molecule has 3 atom stereocenters. The summed E-state index contributed by atoms with van der Waals surface area (Å²) in [6.45, 7) is 10.3. The fourth-order valence-electron chi connectivity index (χ4n) is 3.45. The third kappa shape index (κ3) is 5.38. The molecule has 1 nitrogen and oxygen atoms in total. The molecule has 0 aliphatic heterocycles. The van der Waals surface area contributed by atoms with Gasteiger partial charge in [-0.15, -0.1) is 0 Å². The van der Waals surface area contributed by atoms with Gasteiger partial charge in [-0.2, -0.15) is 0 Å². The van der Waals surface area contributed by atoms with Crippen LogP contribution in [-0.2, 0) is 4.74 Å². The average Bonchev–Trinajstić information content (AvgIpc) is 2.40. The molecule has 0 bridgehead atoms. The Kier molecular flexibility index (Phi) is 7.98.